The van der Waals surface area contributed by atoms with E-state index in [0.717, 1.165) is 22.8 Å². The molecule has 0 atom stereocenters. The number of rotatable bonds is 10. The topological polar surface area (TPSA) is 26.3 Å². The maximum atomic E-state index is 12.7. The van der Waals surface area contributed by atoms with Crippen LogP contribution in [-0.4, -0.2) is 5.78 Å². The summed E-state index contributed by atoms with van der Waals surface area (Å²) in [6.07, 6.45) is 11.2. The number of ether oxygens (including phenoxy) is 1. The first-order chi connectivity index (χ1) is 13.7. The standard InChI is InChI=1S/C26H34O2/c1-2-3-5-8-21-11-13-22(14-12-21)19-26(27)24-17-15-23(16-18-24)20-28-25-9-6-4-7-10-25/h4,6-7,9-10,15-18,21-22H,2-3,5,8,11-14,19-20H2,1H3. The minimum atomic E-state index is 0.296. The summed E-state index contributed by atoms with van der Waals surface area (Å²) < 4.78 is 5.77. The molecule has 1 saturated carbocycles. The van der Waals surface area contributed by atoms with Crippen molar-refractivity contribution < 1.29 is 9.53 Å². The van der Waals surface area contributed by atoms with E-state index in [2.05, 4.69) is 6.92 Å². The zero-order chi connectivity index (χ0) is 19.6. The van der Waals surface area contributed by atoms with Crippen LogP contribution in [0.25, 0.3) is 0 Å². The minimum Gasteiger partial charge on any atom is -0.489 e. The van der Waals surface area contributed by atoms with Crippen molar-refractivity contribution in [2.24, 2.45) is 11.8 Å². The van der Waals surface area contributed by atoms with Gasteiger partial charge in [-0.3, -0.25) is 4.79 Å². The van der Waals surface area contributed by atoms with Crippen molar-refractivity contribution in [3.8, 4) is 5.75 Å². The summed E-state index contributed by atoms with van der Waals surface area (Å²) in [5.41, 5.74) is 1.93. The second kappa shape index (κ2) is 11.0. The highest BCUT2D eigenvalue weighted by Crippen LogP contribution is 2.34. The molecule has 1 aliphatic carbocycles. The van der Waals surface area contributed by atoms with Crippen LogP contribution in [-0.2, 0) is 6.61 Å². The Morgan fingerprint density at radius 2 is 1.57 bits per heavy atom. The van der Waals surface area contributed by atoms with Crippen molar-refractivity contribution in [2.75, 3.05) is 0 Å². The van der Waals surface area contributed by atoms with E-state index < -0.39 is 0 Å². The van der Waals surface area contributed by atoms with Gasteiger partial charge in [-0.15, -0.1) is 0 Å². The Morgan fingerprint density at radius 1 is 0.893 bits per heavy atom. The van der Waals surface area contributed by atoms with Crippen molar-refractivity contribution in [1.29, 1.82) is 0 Å². The first kappa shape index (κ1) is 20.6. The van der Waals surface area contributed by atoms with Crippen LogP contribution < -0.4 is 4.74 Å². The molecular formula is C26H34O2. The Balaban J connectivity index is 1.41. The van der Waals surface area contributed by atoms with Gasteiger partial charge in [0.15, 0.2) is 5.78 Å². The van der Waals surface area contributed by atoms with Crippen molar-refractivity contribution >= 4 is 5.78 Å². The molecule has 2 aromatic carbocycles. The van der Waals surface area contributed by atoms with E-state index in [0.29, 0.717) is 24.7 Å². The number of hydrogen-bond donors (Lipinski definition) is 0. The molecule has 0 bridgehead atoms. The van der Waals surface area contributed by atoms with Crippen LogP contribution in [0.1, 0.15) is 80.6 Å². The normalized spacial score (nSPS) is 19.3. The molecule has 3 rings (SSSR count). The third kappa shape index (κ3) is 6.51. The van der Waals surface area contributed by atoms with Gasteiger partial charge >= 0.3 is 0 Å². The molecule has 0 aromatic heterocycles. The number of Topliss-reactive ketones (excluding diaryl/α,β-unsaturated/α-hetero) is 1. The van der Waals surface area contributed by atoms with Gasteiger partial charge < -0.3 is 4.74 Å². The molecule has 0 unspecified atom stereocenters. The molecular weight excluding hydrogens is 344 g/mol. The Morgan fingerprint density at radius 3 is 2.25 bits per heavy atom. The summed E-state index contributed by atoms with van der Waals surface area (Å²) in [6.45, 7) is 2.80. The number of benzene rings is 2. The second-order valence-electron chi connectivity index (χ2n) is 8.31. The molecule has 2 heteroatoms. The van der Waals surface area contributed by atoms with E-state index >= 15 is 0 Å². The molecule has 0 amide bonds. The third-order valence-electron chi connectivity index (χ3n) is 6.08. The van der Waals surface area contributed by atoms with Crippen LogP contribution >= 0.6 is 0 Å². The largest absolute Gasteiger partial charge is 0.489 e. The molecule has 0 radical (unpaired) electrons. The maximum Gasteiger partial charge on any atom is 0.163 e. The summed E-state index contributed by atoms with van der Waals surface area (Å²) in [5.74, 6) is 2.65. The Labute approximate surface area is 170 Å². The first-order valence-corrected chi connectivity index (χ1v) is 11.0. The van der Waals surface area contributed by atoms with Gasteiger partial charge in [-0.1, -0.05) is 87.9 Å². The molecule has 0 heterocycles. The summed E-state index contributed by atoms with van der Waals surface area (Å²) >= 11 is 0. The fraction of sp³-hybridized carbons (Fsp3) is 0.500. The molecule has 28 heavy (non-hydrogen) atoms. The van der Waals surface area contributed by atoms with Gasteiger partial charge in [-0.2, -0.15) is 0 Å². The van der Waals surface area contributed by atoms with Crippen LogP contribution in [0.15, 0.2) is 54.6 Å². The molecule has 2 aromatic rings. The Kier molecular flexibility index (Phi) is 8.14. The van der Waals surface area contributed by atoms with E-state index in [1.165, 1.54) is 51.4 Å². The quantitative estimate of drug-likeness (QED) is 0.322. The molecule has 150 valence electrons. The molecule has 0 spiro atoms. The lowest BCUT2D eigenvalue weighted by Gasteiger charge is -2.28. The van der Waals surface area contributed by atoms with Crippen molar-refractivity contribution in [3.63, 3.8) is 0 Å². The fourth-order valence-corrected chi connectivity index (χ4v) is 4.26. The predicted molar refractivity (Wildman–Crippen MR) is 116 cm³/mol. The van der Waals surface area contributed by atoms with Gasteiger partial charge in [0.2, 0.25) is 0 Å². The van der Waals surface area contributed by atoms with Gasteiger partial charge in [-0.05, 0) is 42.4 Å². The van der Waals surface area contributed by atoms with Gasteiger partial charge in [-0.25, -0.2) is 0 Å². The number of carbonyl (C=O) groups excluding carboxylic acids is 1. The molecule has 0 N–H and O–H groups in total. The highest BCUT2D eigenvalue weighted by atomic mass is 16.5. The van der Waals surface area contributed by atoms with Crippen LogP contribution in [0.4, 0.5) is 0 Å². The monoisotopic (exact) mass is 378 g/mol. The summed E-state index contributed by atoms with van der Waals surface area (Å²) in [4.78, 5) is 12.7. The zero-order valence-corrected chi connectivity index (χ0v) is 17.2. The zero-order valence-electron chi connectivity index (χ0n) is 17.2. The third-order valence-corrected chi connectivity index (χ3v) is 6.08. The number of unbranched alkanes of at least 4 members (excludes halogenated alkanes) is 2. The van der Waals surface area contributed by atoms with Crippen molar-refractivity contribution in [3.05, 3.63) is 65.7 Å². The summed E-state index contributed by atoms with van der Waals surface area (Å²) in [5, 5.41) is 0. The lowest BCUT2D eigenvalue weighted by Crippen LogP contribution is -2.17. The van der Waals surface area contributed by atoms with Crippen LogP contribution in [0.2, 0.25) is 0 Å². The van der Waals surface area contributed by atoms with E-state index in [9.17, 15) is 4.79 Å². The summed E-state index contributed by atoms with van der Waals surface area (Å²) in [7, 11) is 0. The molecule has 2 nitrogen and oxygen atoms in total. The minimum absolute atomic E-state index is 0.296. The number of ketones is 1. The predicted octanol–water partition coefficient (Wildman–Crippen LogP) is 7.23. The molecule has 1 aliphatic rings. The van der Waals surface area contributed by atoms with Gasteiger partial charge in [0.25, 0.3) is 0 Å². The highest BCUT2D eigenvalue weighted by molar-refractivity contribution is 5.96. The highest BCUT2D eigenvalue weighted by Gasteiger charge is 2.23. The van der Waals surface area contributed by atoms with E-state index in [1.54, 1.807) is 0 Å². The first-order valence-electron chi connectivity index (χ1n) is 11.0. The lowest BCUT2D eigenvalue weighted by atomic mass is 9.77. The average Bonchev–Trinajstić information content (AvgIpc) is 2.75. The number of para-hydroxylation sites is 1. The Bertz CT molecular complexity index is 697. The second-order valence-corrected chi connectivity index (χ2v) is 8.31. The summed E-state index contributed by atoms with van der Waals surface area (Å²) in [6, 6.07) is 17.8. The maximum absolute atomic E-state index is 12.7. The van der Waals surface area contributed by atoms with Crippen molar-refractivity contribution in [1.82, 2.24) is 0 Å². The lowest BCUT2D eigenvalue weighted by molar-refractivity contribution is 0.0941. The van der Waals surface area contributed by atoms with Crippen LogP contribution in [0.5, 0.6) is 5.75 Å². The van der Waals surface area contributed by atoms with E-state index in [-0.39, 0.29) is 0 Å². The average molecular weight is 379 g/mol. The van der Waals surface area contributed by atoms with Gasteiger partial charge in [0, 0.05) is 12.0 Å². The van der Waals surface area contributed by atoms with Crippen LogP contribution in [0, 0.1) is 11.8 Å². The smallest absolute Gasteiger partial charge is 0.163 e. The van der Waals surface area contributed by atoms with Gasteiger partial charge in [0.05, 0.1) is 0 Å². The molecule has 1 fully saturated rings. The van der Waals surface area contributed by atoms with E-state index in [1.807, 2.05) is 54.6 Å². The Hall–Kier alpha value is -2.09. The number of hydrogen-bond acceptors (Lipinski definition) is 2. The SMILES string of the molecule is CCCCCC1CCC(CC(=O)c2ccc(COc3ccccc3)cc2)CC1. The number of carbonyl (C=O) groups is 1. The van der Waals surface area contributed by atoms with Crippen LogP contribution in [0.3, 0.4) is 0 Å². The van der Waals surface area contributed by atoms with Crippen molar-refractivity contribution in [2.45, 2.75) is 71.3 Å². The molecule has 0 saturated heterocycles. The molecule has 0 aliphatic heterocycles. The van der Waals surface area contributed by atoms with Gasteiger partial charge in [0.1, 0.15) is 12.4 Å². The van der Waals surface area contributed by atoms with E-state index in [4.69, 9.17) is 4.74 Å². The fourth-order valence-electron chi connectivity index (χ4n) is 4.26.